The predicted molar refractivity (Wildman–Crippen MR) is 103 cm³/mol. The number of benzene rings is 2. The van der Waals surface area contributed by atoms with Gasteiger partial charge in [-0.3, -0.25) is 20.4 Å². The maximum atomic E-state index is 12.2. The molecule has 0 saturated carbocycles. The van der Waals surface area contributed by atoms with E-state index in [-0.39, 0.29) is 12.7 Å². The Balaban J connectivity index is 1.24. The number of carbonyl (C=O) groups excluding carboxylic acids is 2. The van der Waals surface area contributed by atoms with Crippen LogP contribution in [0, 0.1) is 0 Å². The van der Waals surface area contributed by atoms with Gasteiger partial charge in [-0.1, -0.05) is 12.1 Å². The Kier molecular flexibility index (Phi) is 5.81. The first-order valence-electron chi connectivity index (χ1n) is 9.52. The molecule has 8 heteroatoms. The molecule has 1 fully saturated rings. The normalized spacial score (nSPS) is 20.0. The number of hydrogen-bond acceptors (Lipinski definition) is 6. The van der Waals surface area contributed by atoms with E-state index in [4.69, 9.17) is 18.9 Å². The highest BCUT2D eigenvalue weighted by Gasteiger charge is 2.27. The van der Waals surface area contributed by atoms with E-state index >= 15 is 0 Å². The van der Waals surface area contributed by atoms with Gasteiger partial charge in [-0.05, 0) is 49.2 Å². The minimum Gasteiger partial charge on any atom is -0.491 e. The lowest BCUT2D eigenvalue weighted by atomic mass is 10.2. The Labute approximate surface area is 168 Å². The van der Waals surface area contributed by atoms with Gasteiger partial charge < -0.3 is 18.9 Å². The monoisotopic (exact) mass is 398 g/mol. The Morgan fingerprint density at radius 1 is 1.03 bits per heavy atom. The van der Waals surface area contributed by atoms with Crippen molar-refractivity contribution in [3.05, 3.63) is 54.1 Å². The van der Waals surface area contributed by atoms with Gasteiger partial charge in [-0.15, -0.1) is 0 Å². The standard InChI is InChI=1S/C21H22N2O6/c24-20(14-7-9-15(10-8-14)27-12-16-4-3-11-26-16)22-23-21(25)19-13-28-17-5-1-2-6-18(17)29-19/h1-2,5-10,16,19H,3-4,11-13H2,(H,22,24)(H,23,25)/t16-,19+/m0/s1. The highest BCUT2D eigenvalue weighted by molar-refractivity contribution is 5.95. The van der Waals surface area contributed by atoms with Gasteiger partial charge in [0.05, 0.1) is 6.10 Å². The number of ether oxygens (including phenoxy) is 4. The molecule has 0 bridgehead atoms. The lowest BCUT2D eigenvalue weighted by Gasteiger charge is -2.25. The molecule has 29 heavy (non-hydrogen) atoms. The van der Waals surface area contributed by atoms with Gasteiger partial charge in [-0.25, -0.2) is 0 Å². The Hall–Kier alpha value is -3.26. The van der Waals surface area contributed by atoms with Crippen molar-refractivity contribution in [2.75, 3.05) is 19.8 Å². The van der Waals surface area contributed by atoms with Crippen LogP contribution in [0.2, 0.25) is 0 Å². The highest BCUT2D eigenvalue weighted by atomic mass is 16.6. The van der Waals surface area contributed by atoms with Gasteiger partial charge in [0.15, 0.2) is 11.5 Å². The van der Waals surface area contributed by atoms with Crippen molar-refractivity contribution in [2.45, 2.75) is 25.0 Å². The minimum absolute atomic E-state index is 0.0649. The average Bonchev–Trinajstić information content (AvgIpc) is 3.29. The van der Waals surface area contributed by atoms with Crippen molar-refractivity contribution in [1.29, 1.82) is 0 Å². The molecule has 2 atom stereocenters. The second-order valence-corrected chi connectivity index (χ2v) is 6.78. The van der Waals surface area contributed by atoms with Crippen LogP contribution >= 0.6 is 0 Å². The van der Waals surface area contributed by atoms with Crippen LogP contribution in [0.5, 0.6) is 17.2 Å². The van der Waals surface area contributed by atoms with Crippen LogP contribution < -0.4 is 25.1 Å². The summed E-state index contributed by atoms with van der Waals surface area (Å²) in [7, 11) is 0. The minimum atomic E-state index is -0.848. The predicted octanol–water partition coefficient (Wildman–Crippen LogP) is 1.85. The molecule has 0 radical (unpaired) electrons. The number of amides is 2. The van der Waals surface area contributed by atoms with Crippen molar-refractivity contribution in [3.63, 3.8) is 0 Å². The molecule has 8 nitrogen and oxygen atoms in total. The summed E-state index contributed by atoms with van der Waals surface area (Å²) in [5.41, 5.74) is 5.14. The number of hydrogen-bond donors (Lipinski definition) is 2. The zero-order chi connectivity index (χ0) is 20.1. The summed E-state index contributed by atoms with van der Waals surface area (Å²) < 4.78 is 22.3. The van der Waals surface area contributed by atoms with Gasteiger partial charge in [0.1, 0.15) is 19.0 Å². The van der Waals surface area contributed by atoms with Crippen molar-refractivity contribution in [3.8, 4) is 17.2 Å². The van der Waals surface area contributed by atoms with Crippen molar-refractivity contribution < 1.29 is 28.5 Å². The Bertz CT molecular complexity index is 864. The summed E-state index contributed by atoms with van der Waals surface area (Å²) in [5, 5.41) is 0. The van der Waals surface area contributed by atoms with E-state index in [1.807, 2.05) is 6.07 Å². The summed E-state index contributed by atoms with van der Waals surface area (Å²) in [5.74, 6) is 0.796. The molecule has 2 aliphatic heterocycles. The van der Waals surface area contributed by atoms with Crippen molar-refractivity contribution in [1.82, 2.24) is 10.9 Å². The van der Waals surface area contributed by atoms with E-state index in [0.717, 1.165) is 19.4 Å². The average molecular weight is 398 g/mol. The first kappa shape index (κ1) is 19.1. The van der Waals surface area contributed by atoms with Crippen LogP contribution in [0.4, 0.5) is 0 Å². The molecular formula is C21H22N2O6. The van der Waals surface area contributed by atoms with Gasteiger partial charge in [0.2, 0.25) is 6.10 Å². The van der Waals surface area contributed by atoms with Gasteiger partial charge in [0, 0.05) is 12.2 Å². The van der Waals surface area contributed by atoms with E-state index < -0.39 is 17.9 Å². The first-order chi connectivity index (χ1) is 14.2. The molecule has 2 aromatic carbocycles. The molecular weight excluding hydrogens is 376 g/mol. The van der Waals surface area contributed by atoms with Crippen molar-refractivity contribution >= 4 is 11.8 Å². The molecule has 0 aromatic heterocycles. The summed E-state index contributed by atoms with van der Waals surface area (Å²) in [6.45, 7) is 1.34. The van der Waals surface area contributed by atoms with Gasteiger partial charge in [0.25, 0.3) is 11.8 Å². The zero-order valence-corrected chi connectivity index (χ0v) is 15.8. The number of nitrogens with one attached hydrogen (secondary N) is 2. The zero-order valence-electron chi connectivity index (χ0n) is 15.8. The Morgan fingerprint density at radius 2 is 1.83 bits per heavy atom. The maximum Gasteiger partial charge on any atom is 0.283 e. The molecule has 0 aliphatic carbocycles. The molecule has 0 spiro atoms. The van der Waals surface area contributed by atoms with Crippen LogP contribution in [0.1, 0.15) is 23.2 Å². The molecule has 152 valence electrons. The fourth-order valence-electron chi connectivity index (χ4n) is 3.09. The van der Waals surface area contributed by atoms with E-state index in [2.05, 4.69) is 10.9 Å². The van der Waals surface area contributed by atoms with E-state index in [0.29, 0.717) is 29.4 Å². The third kappa shape index (κ3) is 4.78. The van der Waals surface area contributed by atoms with E-state index in [1.165, 1.54) is 0 Å². The molecule has 1 saturated heterocycles. The van der Waals surface area contributed by atoms with Gasteiger partial charge in [-0.2, -0.15) is 0 Å². The second-order valence-electron chi connectivity index (χ2n) is 6.78. The molecule has 2 aromatic rings. The van der Waals surface area contributed by atoms with Crippen LogP contribution in [-0.4, -0.2) is 43.8 Å². The number of fused-ring (bicyclic) bond motifs is 1. The first-order valence-corrected chi connectivity index (χ1v) is 9.52. The van der Waals surface area contributed by atoms with E-state index in [9.17, 15) is 9.59 Å². The third-order valence-corrected chi connectivity index (χ3v) is 4.68. The third-order valence-electron chi connectivity index (χ3n) is 4.68. The molecule has 2 heterocycles. The van der Waals surface area contributed by atoms with Crippen LogP contribution in [0.3, 0.4) is 0 Å². The molecule has 4 rings (SSSR count). The number of hydrazine groups is 1. The highest BCUT2D eigenvalue weighted by Crippen LogP contribution is 2.30. The summed E-state index contributed by atoms with van der Waals surface area (Å²) in [6, 6.07) is 13.8. The fourth-order valence-corrected chi connectivity index (χ4v) is 3.09. The van der Waals surface area contributed by atoms with Crippen LogP contribution in [0.15, 0.2) is 48.5 Å². The fraction of sp³-hybridized carbons (Fsp3) is 0.333. The number of rotatable bonds is 5. The second kappa shape index (κ2) is 8.83. The SMILES string of the molecule is O=C(NNC(=O)[C@H]1COc2ccccc2O1)c1ccc(OC[C@@H]2CCCO2)cc1. The molecule has 2 amide bonds. The van der Waals surface area contributed by atoms with E-state index in [1.54, 1.807) is 42.5 Å². The van der Waals surface area contributed by atoms with Crippen LogP contribution in [-0.2, 0) is 9.53 Å². The quantitative estimate of drug-likeness (QED) is 0.747. The maximum absolute atomic E-state index is 12.2. The smallest absolute Gasteiger partial charge is 0.283 e. The summed E-state index contributed by atoms with van der Waals surface area (Å²) in [6.07, 6.45) is 1.34. The molecule has 0 unspecified atom stereocenters. The lowest BCUT2D eigenvalue weighted by Crippen LogP contribution is -2.50. The van der Waals surface area contributed by atoms with Crippen molar-refractivity contribution in [2.24, 2.45) is 0 Å². The number of carbonyl (C=O) groups is 2. The largest absolute Gasteiger partial charge is 0.491 e. The van der Waals surface area contributed by atoms with Gasteiger partial charge >= 0.3 is 0 Å². The number of para-hydroxylation sites is 2. The lowest BCUT2D eigenvalue weighted by molar-refractivity contribution is -0.131. The van der Waals surface area contributed by atoms with Crippen LogP contribution in [0.25, 0.3) is 0 Å². The Morgan fingerprint density at radius 3 is 2.59 bits per heavy atom. The summed E-state index contributed by atoms with van der Waals surface area (Å²) >= 11 is 0. The summed E-state index contributed by atoms with van der Waals surface area (Å²) in [4.78, 5) is 24.5. The molecule has 2 aliphatic rings. The molecule has 2 N–H and O–H groups in total. The topological polar surface area (TPSA) is 95.1 Å².